The monoisotopic (exact) mass is 246 g/mol. The van der Waals surface area contributed by atoms with Gasteiger partial charge in [0.2, 0.25) is 0 Å². The van der Waals surface area contributed by atoms with E-state index in [4.69, 9.17) is 0 Å². The minimum absolute atomic E-state index is 0.757. The van der Waals surface area contributed by atoms with E-state index in [1.54, 1.807) is 0 Å². The molecule has 1 saturated heterocycles. The second-order valence-corrected chi connectivity index (χ2v) is 5.74. The molecule has 2 nitrogen and oxygen atoms in total. The van der Waals surface area contributed by atoms with Crippen LogP contribution in [0.15, 0.2) is 18.2 Å². The zero-order valence-electron chi connectivity index (χ0n) is 12.0. The lowest BCUT2D eigenvalue weighted by atomic mass is 10.1. The smallest absolute Gasteiger partial charge is 0.0230 e. The van der Waals surface area contributed by atoms with Crippen molar-refractivity contribution in [1.29, 1.82) is 0 Å². The van der Waals surface area contributed by atoms with Gasteiger partial charge in [-0.3, -0.25) is 0 Å². The Hall–Kier alpha value is -0.860. The van der Waals surface area contributed by atoms with E-state index in [0.29, 0.717) is 0 Å². The standard InChI is InChI=1S/C16H26N2/c1-13-6-7-15(11-14(13)2)12-18(3)10-8-16-5-4-9-17-16/h6-7,11,16-17H,4-5,8-10,12H2,1-3H3. The minimum atomic E-state index is 0.757. The zero-order chi connectivity index (χ0) is 13.0. The molecule has 1 aliphatic rings. The number of benzene rings is 1. The first-order valence-corrected chi connectivity index (χ1v) is 7.13. The molecule has 100 valence electrons. The largest absolute Gasteiger partial charge is 0.314 e. The normalized spacial score (nSPS) is 19.7. The lowest BCUT2D eigenvalue weighted by Gasteiger charge is -2.19. The fourth-order valence-electron chi connectivity index (χ4n) is 2.67. The molecule has 0 spiro atoms. The average Bonchev–Trinajstić information content (AvgIpc) is 2.84. The van der Waals surface area contributed by atoms with Crippen molar-refractivity contribution >= 4 is 0 Å². The van der Waals surface area contributed by atoms with E-state index in [0.717, 1.165) is 12.6 Å². The highest BCUT2D eigenvalue weighted by Crippen LogP contribution is 2.13. The Kier molecular flexibility index (Phi) is 4.79. The lowest BCUT2D eigenvalue weighted by Crippen LogP contribution is -2.28. The fraction of sp³-hybridized carbons (Fsp3) is 0.625. The molecule has 0 amide bonds. The molecule has 1 unspecified atom stereocenters. The van der Waals surface area contributed by atoms with Crippen LogP contribution in [0.3, 0.4) is 0 Å². The Morgan fingerprint density at radius 3 is 2.78 bits per heavy atom. The second-order valence-electron chi connectivity index (χ2n) is 5.74. The van der Waals surface area contributed by atoms with E-state index in [1.807, 2.05) is 0 Å². The minimum Gasteiger partial charge on any atom is -0.314 e. The first-order chi connectivity index (χ1) is 8.65. The van der Waals surface area contributed by atoms with Crippen LogP contribution in [-0.4, -0.2) is 31.1 Å². The number of rotatable bonds is 5. The van der Waals surface area contributed by atoms with Crippen molar-refractivity contribution in [3.05, 3.63) is 34.9 Å². The van der Waals surface area contributed by atoms with Crippen LogP contribution in [0.25, 0.3) is 0 Å². The van der Waals surface area contributed by atoms with Gasteiger partial charge in [-0.15, -0.1) is 0 Å². The molecule has 18 heavy (non-hydrogen) atoms. The Balaban J connectivity index is 1.78. The number of hydrogen-bond donors (Lipinski definition) is 1. The Morgan fingerprint density at radius 1 is 1.28 bits per heavy atom. The van der Waals surface area contributed by atoms with Crippen molar-refractivity contribution < 1.29 is 0 Å². The quantitative estimate of drug-likeness (QED) is 0.859. The molecule has 1 aliphatic heterocycles. The van der Waals surface area contributed by atoms with Crippen molar-refractivity contribution in [2.75, 3.05) is 20.1 Å². The molecule has 1 fully saturated rings. The first-order valence-electron chi connectivity index (χ1n) is 7.13. The molecule has 0 radical (unpaired) electrons. The molecule has 1 aromatic rings. The van der Waals surface area contributed by atoms with Gasteiger partial charge in [0.1, 0.15) is 0 Å². The second kappa shape index (κ2) is 6.35. The number of hydrogen-bond acceptors (Lipinski definition) is 2. The fourth-order valence-corrected chi connectivity index (χ4v) is 2.67. The van der Waals surface area contributed by atoms with Crippen LogP contribution in [0.5, 0.6) is 0 Å². The van der Waals surface area contributed by atoms with Crippen LogP contribution in [-0.2, 0) is 6.54 Å². The molecular weight excluding hydrogens is 220 g/mol. The number of aryl methyl sites for hydroxylation is 2. The van der Waals surface area contributed by atoms with E-state index in [2.05, 4.69) is 49.3 Å². The van der Waals surface area contributed by atoms with Crippen LogP contribution < -0.4 is 5.32 Å². The highest BCUT2D eigenvalue weighted by molar-refractivity contribution is 5.29. The van der Waals surface area contributed by atoms with Crippen LogP contribution in [0.4, 0.5) is 0 Å². The summed E-state index contributed by atoms with van der Waals surface area (Å²) in [6, 6.07) is 7.57. The van der Waals surface area contributed by atoms with Crippen molar-refractivity contribution in [3.8, 4) is 0 Å². The molecule has 0 aromatic heterocycles. The summed E-state index contributed by atoms with van der Waals surface area (Å²) in [6.45, 7) is 7.83. The van der Waals surface area contributed by atoms with E-state index >= 15 is 0 Å². The van der Waals surface area contributed by atoms with E-state index in [9.17, 15) is 0 Å². The zero-order valence-corrected chi connectivity index (χ0v) is 12.0. The van der Waals surface area contributed by atoms with Crippen LogP contribution in [0.1, 0.15) is 36.0 Å². The maximum absolute atomic E-state index is 3.57. The van der Waals surface area contributed by atoms with Gasteiger partial charge in [-0.2, -0.15) is 0 Å². The molecule has 1 atom stereocenters. The maximum atomic E-state index is 3.57. The lowest BCUT2D eigenvalue weighted by molar-refractivity contribution is 0.305. The highest BCUT2D eigenvalue weighted by atomic mass is 15.1. The SMILES string of the molecule is Cc1ccc(CN(C)CCC2CCCN2)cc1C. The summed E-state index contributed by atoms with van der Waals surface area (Å²) >= 11 is 0. The Morgan fingerprint density at radius 2 is 2.11 bits per heavy atom. The molecule has 0 bridgehead atoms. The van der Waals surface area contributed by atoms with Crippen LogP contribution in [0.2, 0.25) is 0 Å². The van der Waals surface area contributed by atoms with Gasteiger partial charge in [-0.1, -0.05) is 18.2 Å². The first kappa shape index (κ1) is 13.6. The Bertz CT molecular complexity index is 381. The summed E-state index contributed by atoms with van der Waals surface area (Å²) in [4.78, 5) is 2.43. The van der Waals surface area contributed by atoms with Crippen molar-refractivity contribution in [2.24, 2.45) is 0 Å². The summed E-state index contributed by atoms with van der Waals surface area (Å²) in [5, 5.41) is 3.57. The highest BCUT2D eigenvalue weighted by Gasteiger charge is 2.14. The van der Waals surface area contributed by atoms with Gasteiger partial charge in [-0.25, -0.2) is 0 Å². The molecule has 1 aromatic carbocycles. The van der Waals surface area contributed by atoms with Gasteiger partial charge >= 0.3 is 0 Å². The van der Waals surface area contributed by atoms with Gasteiger partial charge in [-0.05, 0) is 69.9 Å². The molecule has 0 aliphatic carbocycles. The van der Waals surface area contributed by atoms with Gasteiger partial charge in [0.15, 0.2) is 0 Å². The Labute approximate surface area is 111 Å². The summed E-state index contributed by atoms with van der Waals surface area (Å²) in [5.74, 6) is 0. The summed E-state index contributed by atoms with van der Waals surface area (Å²) in [6.07, 6.45) is 3.99. The summed E-state index contributed by atoms with van der Waals surface area (Å²) < 4.78 is 0. The van der Waals surface area contributed by atoms with E-state index in [-0.39, 0.29) is 0 Å². The molecule has 2 rings (SSSR count). The molecule has 0 saturated carbocycles. The van der Waals surface area contributed by atoms with E-state index < -0.39 is 0 Å². The van der Waals surface area contributed by atoms with Gasteiger partial charge < -0.3 is 10.2 Å². The van der Waals surface area contributed by atoms with Crippen molar-refractivity contribution in [1.82, 2.24) is 10.2 Å². The van der Waals surface area contributed by atoms with Crippen LogP contribution >= 0.6 is 0 Å². The predicted octanol–water partition coefficient (Wildman–Crippen LogP) is 2.88. The van der Waals surface area contributed by atoms with Gasteiger partial charge in [0.05, 0.1) is 0 Å². The predicted molar refractivity (Wildman–Crippen MR) is 77.9 cm³/mol. The molecule has 2 heteroatoms. The van der Waals surface area contributed by atoms with E-state index in [1.165, 1.54) is 49.0 Å². The third kappa shape index (κ3) is 3.82. The average molecular weight is 246 g/mol. The number of nitrogens with one attached hydrogen (secondary N) is 1. The molecule has 1 N–H and O–H groups in total. The van der Waals surface area contributed by atoms with Crippen LogP contribution in [0, 0.1) is 13.8 Å². The number of nitrogens with zero attached hydrogens (tertiary/aromatic N) is 1. The van der Waals surface area contributed by atoms with Gasteiger partial charge in [0, 0.05) is 12.6 Å². The molecule has 1 heterocycles. The summed E-state index contributed by atoms with van der Waals surface area (Å²) in [7, 11) is 2.23. The summed E-state index contributed by atoms with van der Waals surface area (Å²) in [5.41, 5.74) is 4.22. The molecular formula is C16H26N2. The topological polar surface area (TPSA) is 15.3 Å². The third-order valence-corrected chi connectivity index (χ3v) is 4.05. The van der Waals surface area contributed by atoms with Crippen molar-refractivity contribution in [2.45, 2.75) is 45.7 Å². The van der Waals surface area contributed by atoms with Gasteiger partial charge in [0.25, 0.3) is 0 Å². The third-order valence-electron chi connectivity index (χ3n) is 4.05. The maximum Gasteiger partial charge on any atom is 0.0230 e. The van der Waals surface area contributed by atoms with Crippen molar-refractivity contribution in [3.63, 3.8) is 0 Å².